The number of nitrogens with two attached hydrogens (primary N) is 2. The van der Waals surface area contributed by atoms with Crippen LogP contribution < -0.4 is 27.4 Å². The van der Waals surface area contributed by atoms with Gasteiger partial charge < -0.3 is 42.6 Å². The number of carbonyl (C=O) groups is 5. The van der Waals surface area contributed by atoms with Gasteiger partial charge >= 0.3 is 11.9 Å². The summed E-state index contributed by atoms with van der Waals surface area (Å²) in [6, 6.07) is -3.76. The summed E-state index contributed by atoms with van der Waals surface area (Å²) in [5.74, 6) is -5.13. The zero-order valence-electron chi connectivity index (χ0n) is 17.4. The van der Waals surface area contributed by atoms with Gasteiger partial charge in [-0.3, -0.25) is 19.2 Å². The minimum absolute atomic E-state index is 0.0935. The standard InChI is InChI=1S/C18H29N7O7/c19-4-2-1-3-12(18(31)32)25-17(30)13(6-15(27)28)24-14(26)8-22-16(29)11(20)5-10-7-21-9-23-10/h7,9,11-13H,1-6,8,19-20H2,(H,21,23)(H,22,29)(H,24,26)(H,25,30)(H,27,28)(H,31,32). The fourth-order valence-electron chi connectivity index (χ4n) is 2.68. The van der Waals surface area contributed by atoms with Gasteiger partial charge in [-0.25, -0.2) is 9.78 Å². The number of aromatic nitrogens is 2. The molecule has 3 unspecified atom stereocenters. The van der Waals surface area contributed by atoms with Gasteiger partial charge in [-0.1, -0.05) is 0 Å². The summed E-state index contributed by atoms with van der Waals surface area (Å²) in [4.78, 5) is 65.5. The van der Waals surface area contributed by atoms with E-state index in [-0.39, 0.29) is 12.8 Å². The second-order valence-corrected chi connectivity index (χ2v) is 7.01. The quantitative estimate of drug-likeness (QED) is 0.125. The van der Waals surface area contributed by atoms with Crippen molar-refractivity contribution in [2.24, 2.45) is 11.5 Å². The second kappa shape index (κ2) is 13.7. The number of amides is 3. The fourth-order valence-corrected chi connectivity index (χ4v) is 2.68. The van der Waals surface area contributed by atoms with E-state index in [1.54, 1.807) is 0 Å². The SMILES string of the molecule is NCCCCC(NC(=O)C(CC(=O)O)NC(=O)CNC(=O)C(N)Cc1cnc[nH]1)C(=O)O. The number of nitrogens with one attached hydrogen (secondary N) is 4. The number of rotatable bonds is 15. The predicted molar refractivity (Wildman–Crippen MR) is 110 cm³/mol. The number of nitrogens with zero attached hydrogens (tertiary/aromatic N) is 1. The third-order valence-electron chi connectivity index (χ3n) is 4.35. The maximum Gasteiger partial charge on any atom is 0.326 e. The van der Waals surface area contributed by atoms with Gasteiger partial charge in [0.2, 0.25) is 17.7 Å². The van der Waals surface area contributed by atoms with Crippen molar-refractivity contribution in [3.05, 3.63) is 18.2 Å². The van der Waals surface area contributed by atoms with E-state index in [2.05, 4.69) is 25.9 Å². The van der Waals surface area contributed by atoms with Crippen LogP contribution in [0.15, 0.2) is 12.5 Å². The van der Waals surface area contributed by atoms with Crippen LogP contribution in [0.1, 0.15) is 31.4 Å². The van der Waals surface area contributed by atoms with Gasteiger partial charge in [0, 0.05) is 18.3 Å². The van der Waals surface area contributed by atoms with Gasteiger partial charge in [0.05, 0.1) is 25.3 Å². The highest BCUT2D eigenvalue weighted by atomic mass is 16.4. The van der Waals surface area contributed by atoms with Crippen LogP contribution in [-0.4, -0.2) is 81.1 Å². The molecule has 0 fully saturated rings. The van der Waals surface area contributed by atoms with Gasteiger partial charge in [-0.2, -0.15) is 0 Å². The Morgan fingerprint density at radius 2 is 1.78 bits per heavy atom. The van der Waals surface area contributed by atoms with E-state index in [0.717, 1.165) is 0 Å². The molecule has 0 radical (unpaired) electrons. The molecule has 0 aliphatic carbocycles. The van der Waals surface area contributed by atoms with Crippen molar-refractivity contribution in [2.75, 3.05) is 13.1 Å². The van der Waals surface area contributed by atoms with Crippen molar-refractivity contribution in [3.8, 4) is 0 Å². The molecular weight excluding hydrogens is 426 g/mol. The summed E-state index contributed by atoms with van der Waals surface area (Å²) < 4.78 is 0. The number of aromatic amines is 1. The van der Waals surface area contributed by atoms with E-state index in [1.807, 2.05) is 0 Å². The highest BCUT2D eigenvalue weighted by Crippen LogP contribution is 2.03. The van der Waals surface area contributed by atoms with Crippen molar-refractivity contribution in [2.45, 2.75) is 50.2 Å². The Labute approximate surface area is 183 Å². The number of H-pyrrole nitrogens is 1. The molecule has 0 saturated heterocycles. The van der Waals surface area contributed by atoms with Crippen LogP contribution in [0.25, 0.3) is 0 Å². The number of imidazole rings is 1. The number of hydrogen-bond acceptors (Lipinski definition) is 8. The minimum atomic E-state index is -1.54. The Morgan fingerprint density at radius 3 is 2.34 bits per heavy atom. The normalized spacial score (nSPS) is 13.4. The van der Waals surface area contributed by atoms with Crippen molar-refractivity contribution in [1.29, 1.82) is 0 Å². The smallest absolute Gasteiger partial charge is 0.326 e. The van der Waals surface area contributed by atoms with E-state index in [4.69, 9.17) is 16.6 Å². The Hall–Kier alpha value is -3.52. The number of aliphatic carboxylic acids is 2. The van der Waals surface area contributed by atoms with Gasteiger partial charge in [0.15, 0.2) is 0 Å². The molecular formula is C18H29N7O7. The molecule has 0 saturated carbocycles. The third kappa shape index (κ3) is 9.99. The number of carboxylic acid groups (broad SMARTS) is 2. The summed E-state index contributed by atoms with van der Waals surface area (Å²) in [5, 5.41) is 25.0. The molecule has 14 nitrogen and oxygen atoms in total. The zero-order chi connectivity index (χ0) is 24.1. The maximum absolute atomic E-state index is 12.4. The average molecular weight is 455 g/mol. The molecule has 0 aromatic carbocycles. The van der Waals surface area contributed by atoms with Crippen molar-refractivity contribution in [3.63, 3.8) is 0 Å². The van der Waals surface area contributed by atoms with E-state index in [1.165, 1.54) is 12.5 Å². The van der Waals surface area contributed by atoms with Gasteiger partial charge in [-0.05, 0) is 25.8 Å². The second-order valence-electron chi connectivity index (χ2n) is 7.01. The van der Waals surface area contributed by atoms with Crippen molar-refractivity contribution < 1.29 is 34.2 Å². The van der Waals surface area contributed by atoms with Crippen LogP contribution in [0.5, 0.6) is 0 Å². The van der Waals surface area contributed by atoms with Crippen molar-refractivity contribution in [1.82, 2.24) is 25.9 Å². The molecule has 0 aliphatic heterocycles. The average Bonchev–Trinajstić information content (AvgIpc) is 3.23. The molecule has 1 aromatic heterocycles. The van der Waals surface area contributed by atoms with Crippen LogP contribution in [-0.2, 0) is 30.4 Å². The Morgan fingerprint density at radius 1 is 1.06 bits per heavy atom. The van der Waals surface area contributed by atoms with Crippen LogP contribution >= 0.6 is 0 Å². The lowest BCUT2D eigenvalue weighted by Gasteiger charge is -2.20. The number of carboxylic acids is 2. The van der Waals surface area contributed by atoms with E-state index < -0.39 is 60.8 Å². The molecule has 0 bridgehead atoms. The Kier molecular flexibility index (Phi) is 11.4. The molecule has 3 atom stereocenters. The summed E-state index contributed by atoms with van der Waals surface area (Å²) in [6.07, 6.45) is 3.38. The zero-order valence-corrected chi connectivity index (χ0v) is 17.4. The van der Waals surface area contributed by atoms with Crippen LogP contribution in [0.4, 0.5) is 0 Å². The lowest BCUT2D eigenvalue weighted by atomic mass is 10.1. The molecule has 1 aromatic rings. The number of unbranched alkanes of at least 4 members (excludes halogenated alkanes) is 1. The van der Waals surface area contributed by atoms with E-state index >= 15 is 0 Å². The minimum Gasteiger partial charge on any atom is -0.481 e. The number of carbonyl (C=O) groups excluding carboxylic acids is 3. The highest BCUT2D eigenvalue weighted by molar-refractivity contribution is 5.94. The molecule has 14 heteroatoms. The molecule has 0 spiro atoms. The first-order chi connectivity index (χ1) is 15.1. The number of hydrogen-bond donors (Lipinski definition) is 8. The molecule has 178 valence electrons. The van der Waals surface area contributed by atoms with E-state index in [9.17, 15) is 29.1 Å². The van der Waals surface area contributed by atoms with Gasteiger partial charge in [0.25, 0.3) is 0 Å². The monoisotopic (exact) mass is 455 g/mol. The van der Waals surface area contributed by atoms with E-state index in [0.29, 0.717) is 25.1 Å². The molecule has 10 N–H and O–H groups in total. The lowest BCUT2D eigenvalue weighted by molar-refractivity contribution is -0.143. The first-order valence-corrected chi connectivity index (χ1v) is 9.89. The lowest BCUT2D eigenvalue weighted by Crippen LogP contribution is -2.54. The highest BCUT2D eigenvalue weighted by Gasteiger charge is 2.28. The first-order valence-electron chi connectivity index (χ1n) is 9.89. The predicted octanol–water partition coefficient (Wildman–Crippen LogP) is -2.95. The molecule has 1 rings (SSSR count). The molecule has 0 aliphatic rings. The summed E-state index contributed by atoms with van der Waals surface area (Å²) >= 11 is 0. The van der Waals surface area contributed by atoms with Crippen LogP contribution in [0.3, 0.4) is 0 Å². The topological polar surface area (TPSA) is 243 Å². The molecule has 32 heavy (non-hydrogen) atoms. The van der Waals surface area contributed by atoms with Gasteiger partial charge in [-0.15, -0.1) is 0 Å². The summed E-state index contributed by atoms with van der Waals surface area (Å²) in [6.45, 7) is -0.201. The Bertz CT molecular complexity index is 785. The summed E-state index contributed by atoms with van der Waals surface area (Å²) in [7, 11) is 0. The molecule has 1 heterocycles. The maximum atomic E-state index is 12.4. The summed E-state index contributed by atoms with van der Waals surface area (Å²) in [5.41, 5.74) is 11.7. The molecule has 3 amide bonds. The third-order valence-corrected chi connectivity index (χ3v) is 4.35. The fraction of sp³-hybridized carbons (Fsp3) is 0.556. The van der Waals surface area contributed by atoms with Crippen molar-refractivity contribution >= 4 is 29.7 Å². The first kappa shape index (κ1) is 26.5. The van der Waals surface area contributed by atoms with Crippen LogP contribution in [0, 0.1) is 0 Å². The Balaban J connectivity index is 2.61. The largest absolute Gasteiger partial charge is 0.481 e. The van der Waals surface area contributed by atoms with Gasteiger partial charge in [0.1, 0.15) is 12.1 Å². The van der Waals surface area contributed by atoms with Crippen LogP contribution in [0.2, 0.25) is 0 Å².